The van der Waals surface area contributed by atoms with Gasteiger partial charge in [-0.2, -0.15) is 0 Å². The van der Waals surface area contributed by atoms with Crippen LogP contribution in [0.15, 0.2) is 0 Å². The van der Waals surface area contributed by atoms with Crippen LogP contribution in [0.2, 0.25) is 0 Å². The highest BCUT2D eigenvalue weighted by Crippen LogP contribution is 2.27. The van der Waals surface area contributed by atoms with E-state index in [1.807, 2.05) is 0 Å². The zero-order chi connectivity index (χ0) is 13.7. The normalized spacial score (nSPS) is 22.1. The lowest BCUT2D eigenvalue weighted by atomic mass is 9.95. The molecule has 0 aromatic rings. The van der Waals surface area contributed by atoms with Crippen LogP contribution in [0.5, 0.6) is 0 Å². The molecule has 1 aliphatic heterocycles. The summed E-state index contributed by atoms with van der Waals surface area (Å²) >= 11 is 0. The lowest BCUT2D eigenvalue weighted by Crippen LogP contribution is -2.46. The maximum atomic E-state index is 12.8. The van der Waals surface area contributed by atoms with E-state index < -0.39 is 0 Å². The van der Waals surface area contributed by atoms with Crippen molar-refractivity contribution < 1.29 is 4.79 Å². The van der Waals surface area contributed by atoms with E-state index in [1.165, 1.54) is 25.7 Å². The molecule has 0 radical (unpaired) electrons. The first kappa shape index (κ1) is 14.8. The zero-order valence-electron chi connectivity index (χ0n) is 12.7. The van der Waals surface area contributed by atoms with Crippen LogP contribution in [0.3, 0.4) is 0 Å². The Morgan fingerprint density at radius 2 is 1.79 bits per heavy atom. The van der Waals surface area contributed by atoms with Gasteiger partial charge in [-0.05, 0) is 51.1 Å². The minimum atomic E-state index is 0.286. The molecule has 3 heteroatoms. The summed E-state index contributed by atoms with van der Waals surface area (Å²) in [6, 6.07) is 0.543. The molecule has 19 heavy (non-hydrogen) atoms. The fraction of sp³-hybridized carbons (Fsp3) is 0.938. The van der Waals surface area contributed by atoms with Gasteiger partial charge in [-0.15, -0.1) is 0 Å². The summed E-state index contributed by atoms with van der Waals surface area (Å²) in [5.41, 5.74) is 0. The zero-order valence-corrected chi connectivity index (χ0v) is 12.7. The Kier molecular flexibility index (Phi) is 5.68. The average Bonchev–Trinajstić information content (AvgIpc) is 2.93. The third-order valence-electron chi connectivity index (χ3n) is 4.68. The predicted molar refractivity (Wildman–Crippen MR) is 79.0 cm³/mol. The molecule has 1 heterocycles. The number of rotatable bonds is 5. The van der Waals surface area contributed by atoms with Gasteiger partial charge < -0.3 is 10.2 Å². The van der Waals surface area contributed by atoms with Crippen molar-refractivity contribution in [1.82, 2.24) is 10.2 Å². The molecule has 0 spiro atoms. The highest BCUT2D eigenvalue weighted by molar-refractivity contribution is 5.79. The lowest BCUT2D eigenvalue weighted by molar-refractivity contribution is -0.138. The molecule has 0 aromatic carbocycles. The number of hydrogen-bond acceptors (Lipinski definition) is 2. The first-order valence-corrected chi connectivity index (χ1v) is 8.19. The van der Waals surface area contributed by atoms with E-state index in [1.54, 1.807) is 0 Å². The van der Waals surface area contributed by atoms with Crippen LogP contribution in [0.1, 0.15) is 58.8 Å². The van der Waals surface area contributed by atoms with E-state index in [4.69, 9.17) is 0 Å². The first-order chi connectivity index (χ1) is 9.18. The molecule has 3 nitrogen and oxygen atoms in total. The van der Waals surface area contributed by atoms with Crippen LogP contribution >= 0.6 is 0 Å². The van der Waals surface area contributed by atoms with Gasteiger partial charge in [0.05, 0.1) is 0 Å². The maximum absolute atomic E-state index is 12.8. The fourth-order valence-corrected chi connectivity index (χ4v) is 3.39. The monoisotopic (exact) mass is 266 g/mol. The summed E-state index contributed by atoms with van der Waals surface area (Å²) in [6.07, 6.45) is 8.29. The molecule has 0 atom stereocenters. The van der Waals surface area contributed by atoms with Gasteiger partial charge >= 0.3 is 0 Å². The van der Waals surface area contributed by atoms with Gasteiger partial charge in [0.1, 0.15) is 0 Å². The van der Waals surface area contributed by atoms with E-state index in [2.05, 4.69) is 24.1 Å². The fourth-order valence-electron chi connectivity index (χ4n) is 3.39. The van der Waals surface area contributed by atoms with Gasteiger partial charge in [-0.3, -0.25) is 4.79 Å². The summed E-state index contributed by atoms with van der Waals surface area (Å²) in [5, 5.41) is 3.36. The second-order valence-corrected chi connectivity index (χ2v) is 6.68. The molecule has 2 aliphatic rings. The summed E-state index contributed by atoms with van der Waals surface area (Å²) < 4.78 is 0. The Balaban J connectivity index is 1.95. The molecule has 2 fully saturated rings. The summed E-state index contributed by atoms with van der Waals surface area (Å²) in [6.45, 7) is 7.51. The van der Waals surface area contributed by atoms with Gasteiger partial charge in [0.2, 0.25) is 5.91 Å². The molecule has 0 aromatic heterocycles. The molecule has 0 unspecified atom stereocenters. The quantitative estimate of drug-likeness (QED) is 0.830. The maximum Gasteiger partial charge on any atom is 0.226 e. The van der Waals surface area contributed by atoms with Crippen molar-refractivity contribution in [3.8, 4) is 0 Å². The number of hydrogen-bond donors (Lipinski definition) is 1. The second kappa shape index (κ2) is 7.28. The standard InChI is InChI=1S/C16H30N2O/c1-13(2)9-12-18(15-5-3-4-6-15)16(19)14-7-10-17-11-8-14/h13-15,17H,3-12H2,1-2H3. The smallest absolute Gasteiger partial charge is 0.226 e. The van der Waals surface area contributed by atoms with E-state index in [-0.39, 0.29) is 5.92 Å². The highest BCUT2D eigenvalue weighted by Gasteiger charge is 2.31. The molecular formula is C16H30N2O. The third kappa shape index (κ3) is 4.20. The van der Waals surface area contributed by atoms with E-state index in [9.17, 15) is 4.79 Å². The van der Waals surface area contributed by atoms with Crippen LogP contribution in [0.4, 0.5) is 0 Å². The number of nitrogens with zero attached hydrogens (tertiary/aromatic N) is 1. The van der Waals surface area contributed by atoms with Crippen molar-refractivity contribution in [2.45, 2.75) is 64.8 Å². The van der Waals surface area contributed by atoms with Crippen LogP contribution in [-0.2, 0) is 4.79 Å². The molecular weight excluding hydrogens is 236 g/mol. The SMILES string of the molecule is CC(C)CCN(C(=O)C1CCNCC1)C1CCCC1. The van der Waals surface area contributed by atoms with Crippen molar-refractivity contribution >= 4 is 5.91 Å². The van der Waals surface area contributed by atoms with Crippen LogP contribution < -0.4 is 5.32 Å². The molecule has 0 bridgehead atoms. The van der Waals surface area contributed by atoms with E-state index in [0.29, 0.717) is 17.9 Å². The molecule has 1 amide bonds. The third-order valence-corrected chi connectivity index (χ3v) is 4.68. The number of piperidine rings is 1. The minimum absolute atomic E-state index is 0.286. The molecule has 1 saturated carbocycles. The minimum Gasteiger partial charge on any atom is -0.339 e. The Labute approximate surface area is 118 Å². The van der Waals surface area contributed by atoms with Gasteiger partial charge in [0.15, 0.2) is 0 Å². The Morgan fingerprint density at radius 3 is 2.37 bits per heavy atom. The van der Waals surface area contributed by atoms with Crippen molar-refractivity contribution in [2.24, 2.45) is 11.8 Å². The molecule has 2 rings (SSSR count). The number of amides is 1. The van der Waals surface area contributed by atoms with Crippen LogP contribution in [-0.4, -0.2) is 36.5 Å². The molecule has 1 N–H and O–H groups in total. The van der Waals surface area contributed by atoms with Crippen molar-refractivity contribution in [3.63, 3.8) is 0 Å². The van der Waals surface area contributed by atoms with Crippen molar-refractivity contribution in [3.05, 3.63) is 0 Å². The summed E-state index contributed by atoms with van der Waals surface area (Å²) in [4.78, 5) is 15.0. The number of carbonyl (C=O) groups excluding carboxylic acids is 1. The average molecular weight is 266 g/mol. The Morgan fingerprint density at radius 1 is 1.16 bits per heavy atom. The Hall–Kier alpha value is -0.570. The molecule has 1 saturated heterocycles. The Bertz CT molecular complexity index is 278. The summed E-state index contributed by atoms with van der Waals surface area (Å²) in [5.74, 6) is 1.42. The van der Waals surface area contributed by atoms with Crippen LogP contribution in [0.25, 0.3) is 0 Å². The van der Waals surface area contributed by atoms with Crippen LogP contribution in [0, 0.1) is 11.8 Å². The molecule has 1 aliphatic carbocycles. The second-order valence-electron chi connectivity index (χ2n) is 6.68. The highest BCUT2D eigenvalue weighted by atomic mass is 16.2. The molecule has 110 valence electrons. The van der Waals surface area contributed by atoms with Gasteiger partial charge in [0, 0.05) is 18.5 Å². The van der Waals surface area contributed by atoms with E-state index >= 15 is 0 Å². The lowest BCUT2D eigenvalue weighted by Gasteiger charge is -2.34. The number of nitrogens with one attached hydrogen (secondary N) is 1. The van der Waals surface area contributed by atoms with Gasteiger partial charge in [-0.25, -0.2) is 0 Å². The summed E-state index contributed by atoms with van der Waals surface area (Å²) in [7, 11) is 0. The van der Waals surface area contributed by atoms with E-state index in [0.717, 1.165) is 38.9 Å². The number of carbonyl (C=O) groups is 1. The predicted octanol–water partition coefficient (Wildman–Crippen LogP) is 2.80. The largest absolute Gasteiger partial charge is 0.339 e. The van der Waals surface area contributed by atoms with Gasteiger partial charge in [-0.1, -0.05) is 26.7 Å². The first-order valence-electron chi connectivity index (χ1n) is 8.19. The topological polar surface area (TPSA) is 32.3 Å². The van der Waals surface area contributed by atoms with Crippen molar-refractivity contribution in [2.75, 3.05) is 19.6 Å². The van der Waals surface area contributed by atoms with Gasteiger partial charge in [0.25, 0.3) is 0 Å². The van der Waals surface area contributed by atoms with Crippen molar-refractivity contribution in [1.29, 1.82) is 0 Å².